The molecule has 0 radical (unpaired) electrons. The smallest absolute Gasteiger partial charge is 0.0438 e. The van der Waals surface area contributed by atoms with Gasteiger partial charge < -0.3 is 0 Å². The largest absolute Gasteiger partial charge is 0.0925 e. The Hall–Kier alpha value is -0.0100. The SMILES string of the molecule is CC(C)CC(CBr)Cc1ccccc1Cl. The maximum Gasteiger partial charge on any atom is 0.0438 e. The Morgan fingerprint density at radius 3 is 2.47 bits per heavy atom. The maximum atomic E-state index is 6.15. The summed E-state index contributed by atoms with van der Waals surface area (Å²) < 4.78 is 0. The number of hydrogen-bond donors (Lipinski definition) is 0. The molecule has 84 valence electrons. The summed E-state index contributed by atoms with van der Waals surface area (Å²) in [6.07, 6.45) is 2.32. The highest BCUT2D eigenvalue weighted by molar-refractivity contribution is 9.09. The van der Waals surface area contributed by atoms with Crippen LogP contribution >= 0.6 is 27.5 Å². The van der Waals surface area contributed by atoms with Crippen LogP contribution in [0.3, 0.4) is 0 Å². The molecule has 0 bridgehead atoms. The zero-order valence-electron chi connectivity index (χ0n) is 9.34. The van der Waals surface area contributed by atoms with Crippen LogP contribution in [0.15, 0.2) is 24.3 Å². The van der Waals surface area contributed by atoms with E-state index in [1.165, 1.54) is 12.0 Å². The molecule has 1 rings (SSSR count). The number of benzene rings is 1. The van der Waals surface area contributed by atoms with E-state index < -0.39 is 0 Å². The highest BCUT2D eigenvalue weighted by atomic mass is 79.9. The van der Waals surface area contributed by atoms with Crippen LogP contribution < -0.4 is 0 Å². The molecule has 1 aromatic carbocycles. The first-order chi connectivity index (χ1) is 7.13. The Labute approximate surface area is 106 Å². The Bertz CT molecular complexity index is 296. The van der Waals surface area contributed by atoms with Crippen molar-refractivity contribution < 1.29 is 0 Å². The fraction of sp³-hybridized carbons (Fsp3) is 0.538. The van der Waals surface area contributed by atoms with Gasteiger partial charge in [0, 0.05) is 10.4 Å². The quantitative estimate of drug-likeness (QED) is 0.674. The minimum atomic E-state index is 0.685. The van der Waals surface area contributed by atoms with E-state index in [-0.39, 0.29) is 0 Å². The van der Waals surface area contributed by atoms with Crippen LogP contribution in [0, 0.1) is 11.8 Å². The normalized spacial score (nSPS) is 13.1. The number of rotatable bonds is 5. The van der Waals surface area contributed by atoms with E-state index in [1.54, 1.807) is 0 Å². The van der Waals surface area contributed by atoms with Crippen LogP contribution in [0.4, 0.5) is 0 Å². The van der Waals surface area contributed by atoms with Gasteiger partial charge in [-0.25, -0.2) is 0 Å². The highest BCUT2D eigenvalue weighted by Crippen LogP contribution is 2.23. The Kier molecular flexibility index (Phi) is 5.70. The third-order valence-corrected chi connectivity index (χ3v) is 3.77. The van der Waals surface area contributed by atoms with Crippen molar-refractivity contribution in [2.75, 3.05) is 5.33 Å². The molecule has 0 saturated carbocycles. The van der Waals surface area contributed by atoms with Crippen LogP contribution in [0.5, 0.6) is 0 Å². The van der Waals surface area contributed by atoms with Crippen molar-refractivity contribution in [1.82, 2.24) is 0 Å². The fourth-order valence-corrected chi connectivity index (χ4v) is 2.55. The minimum Gasteiger partial charge on any atom is -0.0925 e. The lowest BCUT2D eigenvalue weighted by Crippen LogP contribution is -2.09. The summed E-state index contributed by atoms with van der Waals surface area (Å²) in [7, 11) is 0. The van der Waals surface area contributed by atoms with Crippen LogP contribution in [0.25, 0.3) is 0 Å². The molecule has 0 amide bonds. The van der Waals surface area contributed by atoms with Gasteiger partial charge in [-0.1, -0.05) is 59.6 Å². The predicted octanol–water partition coefficient (Wildman–Crippen LogP) is 4.94. The van der Waals surface area contributed by atoms with E-state index in [1.807, 2.05) is 12.1 Å². The Balaban J connectivity index is 2.62. The van der Waals surface area contributed by atoms with Gasteiger partial charge in [0.25, 0.3) is 0 Å². The van der Waals surface area contributed by atoms with Gasteiger partial charge in [-0.3, -0.25) is 0 Å². The molecule has 0 fully saturated rings. The van der Waals surface area contributed by atoms with Gasteiger partial charge in [-0.05, 0) is 36.3 Å². The first-order valence-electron chi connectivity index (χ1n) is 5.42. The van der Waals surface area contributed by atoms with E-state index in [0.717, 1.165) is 22.7 Å². The molecular weight excluding hydrogens is 271 g/mol. The zero-order chi connectivity index (χ0) is 11.3. The Morgan fingerprint density at radius 1 is 1.27 bits per heavy atom. The topological polar surface area (TPSA) is 0 Å². The first-order valence-corrected chi connectivity index (χ1v) is 6.92. The zero-order valence-corrected chi connectivity index (χ0v) is 11.7. The van der Waals surface area contributed by atoms with Gasteiger partial charge in [-0.2, -0.15) is 0 Å². The number of halogens is 2. The van der Waals surface area contributed by atoms with Crippen molar-refractivity contribution in [1.29, 1.82) is 0 Å². The van der Waals surface area contributed by atoms with Crippen molar-refractivity contribution in [3.8, 4) is 0 Å². The van der Waals surface area contributed by atoms with Crippen LogP contribution in [0.1, 0.15) is 25.8 Å². The monoisotopic (exact) mass is 288 g/mol. The summed E-state index contributed by atoms with van der Waals surface area (Å²) in [6, 6.07) is 8.13. The lowest BCUT2D eigenvalue weighted by Gasteiger charge is -2.17. The van der Waals surface area contributed by atoms with Gasteiger partial charge in [0.1, 0.15) is 0 Å². The Morgan fingerprint density at radius 2 is 1.93 bits per heavy atom. The second-order valence-corrected chi connectivity index (χ2v) is 5.50. The second kappa shape index (κ2) is 6.55. The van der Waals surface area contributed by atoms with E-state index >= 15 is 0 Å². The average molecular weight is 290 g/mol. The van der Waals surface area contributed by atoms with Crippen molar-refractivity contribution in [2.24, 2.45) is 11.8 Å². The molecule has 1 aromatic rings. The van der Waals surface area contributed by atoms with Gasteiger partial charge in [-0.15, -0.1) is 0 Å². The lowest BCUT2D eigenvalue weighted by atomic mass is 9.92. The minimum absolute atomic E-state index is 0.685. The molecule has 0 aliphatic heterocycles. The van der Waals surface area contributed by atoms with Gasteiger partial charge in [0.15, 0.2) is 0 Å². The standard InChI is InChI=1S/C13H18BrCl/c1-10(2)7-11(9-14)8-12-5-3-4-6-13(12)15/h3-6,10-11H,7-9H2,1-2H3. The van der Waals surface area contributed by atoms with Crippen molar-refractivity contribution in [2.45, 2.75) is 26.7 Å². The van der Waals surface area contributed by atoms with Gasteiger partial charge >= 0.3 is 0 Å². The molecular formula is C13H18BrCl. The van der Waals surface area contributed by atoms with E-state index in [9.17, 15) is 0 Å². The van der Waals surface area contributed by atoms with Gasteiger partial charge in [0.05, 0.1) is 0 Å². The maximum absolute atomic E-state index is 6.15. The molecule has 0 aliphatic carbocycles. The van der Waals surface area contributed by atoms with Crippen LogP contribution in [0.2, 0.25) is 5.02 Å². The molecule has 0 spiro atoms. The van der Waals surface area contributed by atoms with Gasteiger partial charge in [0.2, 0.25) is 0 Å². The van der Waals surface area contributed by atoms with E-state index in [2.05, 4.69) is 41.9 Å². The van der Waals surface area contributed by atoms with Crippen LogP contribution in [-0.4, -0.2) is 5.33 Å². The molecule has 0 aliphatic rings. The summed E-state index contributed by atoms with van der Waals surface area (Å²) in [5.74, 6) is 1.43. The fourth-order valence-electron chi connectivity index (χ4n) is 1.84. The molecule has 1 unspecified atom stereocenters. The number of alkyl halides is 1. The first kappa shape index (κ1) is 13.1. The highest BCUT2D eigenvalue weighted by Gasteiger charge is 2.11. The summed E-state index contributed by atoms with van der Waals surface area (Å²) in [5.41, 5.74) is 1.27. The van der Waals surface area contributed by atoms with Crippen LogP contribution in [-0.2, 0) is 6.42 Å². The summed E-state index contributed by atoms with van der Waals surface area (Å²) in [4.78, 5) is 0. The van der Waals surface area contributed by atoms with Crippen molar-refractivity contribution in [3.63, 3.8) is 0 Å². The molecule has 0 saturated heterocycles. The number of hydrogen-bond acceptors (Lipinski definition) is 0. The van der Waals surface area contributed by atoms with Crippen molar-refractivity contribution >= 4 is 27.5 Å². The second-order valence-electron chi connectivity index (χ2n) is 4.45. The third-order valence-electron chi connectivity index (χ3n) is 2.49. The molecule has 15 heavy (non-hydrogen) atoms. The average Bonchev–Trinajstić information content (AvgIpc) is 2.19. The summed E-state index contributed by atoms with van der Waals surface area (Å²) in [5, 5.41) is 1.95. The molecule has 1 atom stereocenters. The molecule has 0 aromatic heterocycles. The molecule has 2 heteroatoms. The van der Waals surface area contributed by atoms with Crippen molar-refractivity contribution in [3.05, 3.63) is 34.9 Å². The van der Waals surface area contributed by atoms with E-state index in [4.69, 9.17) is 11.6 Å². The summed E-state index contributed by atoms with van der Waals surface area (Å²) in [6.45, 7) is 4.53. The predicted molar refractivity (Wildman–Crippen MR) is 71.9 cm³/mol. The van der Waals surface area contributed by atoms with E-state index in [0.29, 0.717) is 5.92 Å². The lowest BCUT2D eigenvalue weighted by molar-refractivity contribution is 0.445. The summed E-state index contributed by atoms with van der Waals surface area (Å²) >= 11 is 9.73. The molecule has 0 N–H and O–H groups in total. The molecule has 0 nitrogen and oxygen atoms in total. The molecule has 0 heterocycles. The third kappa shape index (κ3) is 4.56.